The molecule has 4 nitrogen and oxygen atoms in total. The van der Waals surface area contributed by atoms with Gasteiger partial charge in [0.25, 0.3) is 0 Å². The van der Waals surface area contributed by atoms with Gasteiger partial charge in [-0.2, -0.15) is 0 Å². The molecule has 0 aromatic carbocycles. The standard InChI is InChI=1S/C13H23N3O/c1-3-4-5-9-15-13(14-2)16-10-8-12-7-6-11-17-12/h6-7,11H,3-5,8-10H2,1-2H3,(H2,14,15,16). The molecule has 0 aliphatic rings. The molecule has 0 unspecified atom stereocenters. The second-order valence-electron chi connectivity index (χ2n) is 3.96. The molecule has 0 fully saturated rings. The van der Waals surface area contributed by atoms with Crippen LogP contribution in [0.5, 0.6) is 0 Å². The first-order chi connectivity index (χ1) is 8.36. The molecule has 0 radical (unpaired) electrons. The molecule has 0 saturated heterocycles. The van der Waals surface area contributed by atoms with Crippen molar-refractivity contribution in [1.82, 2.24) is 10.6 Å². The summed E-state index contributed by atoms with van der Waals surface area (Å²) >= 11 is 0. The monoisotopic (exact) mass is 237 g/mol. The zero-order valence-corrected chi connectivity index (χ0v) is 10.8. The van der Waals surface area contributed by atoms with E-state index in [1.807, 2.05) is 12.1 Å². The molecule has 0 atom stereocenters. The van der Waals surface area contributed by atoms with Gasteiger partial charge < -0.3 is 15.1 Å². The van der Waals surface area contributed by atoms with Crippen LogP contribution >= 0.6 is 0 Å². The third-order valence-electron chi connectivity index (χ3n) is 2.54. The summed E-state index contributed by atoms with van der Waals surface area (Å²) in [5.74, 6) is 1.87. The van der Waals surface area contributed by atoms with Crippen LogP contribution in [0.1, 0.15) is 31.9 Å². The largest absolute Gasteiger partial charge is 0.469 e. The molecule has 0 spiro atoms. The zero-order chi connectivity index (χ0) is 12.3. The number of hydrogen-bond donors (Lipinski definition) is 2. The average molecular weight is 237 g/mol. The molecule has 0 bridgehead atoms. The summed E-state index contributed by atoms with van der Waals surface area (Å²) in [5, 5.41) is 6.56. The smallest absolute Gasteiger partial charge is 0.190 e. The van der Waals surface area contributed by atoms with Gasteiger partial charge in [0.2, 0.25) is 0 Å². The van der Waals surface area contributed by atoms with Gasteiger partial charge in [-0.25, -0.2) is 0 Å². The highest BCUT2D eigenvalue weighted by molar-refractivity contribution is 5.79. The quantitative estimate of drug-likeness (QED) is 0.434. The van der Waals surface area contributed by atoms with Crippen LogP contribution in [0, 0.1) is 0 Å². The lowest BCUT2D eigenvalue weighted by molar-refractivity contribution is 0.506. The van der Waals surface area contributed by atoms with Gasteiger partial charge in [0.05, 0.1) is 6.26 Å². The summed E-state index contributed by atoms with van der Waals surface area (Å²) in [6, 6.07) is 3.90. The summed E-state index contributed by atoms with van der Waals surface area (Å²) in [7, 11) is 1.79. The van der Waals surface area contributed by atoms with Crippen LogP contribution in [-0.4, -0.2) is 26.1 Å². The van der Waals surface area contributed by atoms with Gasteiger partial charge in [0.1, 0.15) is 5.76 Å². The summed E-state index contributed by atoms with van der Waals surface area (Å²) in [5.41, 5.74) is 0. The van der Waals surface area contributed by atoms with Crippen LogP contribution < -0.4 is 10.6 Å². The predicted molar refractivity (Wildman–Crippen MR) is 71.3 cm³/mol. The fraction of sp³-hybridized carbons (Fsp3) is 0.615. The van der Waals surface area contributed by atoms with Crippen LogP contribution in [-0.2, 0) is 6.42 Å². The van der Waals surface area contributed by atoms with Crippen molar-refractivity contribution < 1.29 is 4.42 Å². The molecular weight excluding hydrogens is 214 g/mol. The van der Waals surface area contributed by atoms with E-state index in [4.69, 9.17) is 4.42 Å². The Morgan fingerprint density at radius 2 is 2.12 bits per heavy atom. The maximum absolute atomic E-state index is 5.26. The molecule has 1 heterocycles. The number of unbranched alkanes of at least 4 members (excludes halogenated alkanes) is 2. The molecule has 1 aromatic heterocycles. The van der Waals surface area contributed by atoms with E-state index in [0.29, 0.717) is 0 Å². The van der Waals surface area contributed by atoms with Crippen LogP contribution in [0.2, 0.25) is 0 Å². The molecule has 0 aliphatic heterocycles. The Morgan fingerprint density at radius 3 is 2.76 bits per heavy atom. The van der Waals surface area contributed by atoms with E-state index in [-0.39, 0.29) is 0 Å². The van der Waals surface area contributed by atoms with E-state index < -0.39 is 0 Å². The highest BCUT2D eigenvalue weighted by atomic mass is 16.3. The van der Waals surface area contributed by atoms with Crippen molar-refractivity contribution in [1.29, 1.82) is 0 Å². The third-order valence-corrected chi connectivity index (χ3v) is 2.54. The number of guanidine groups is 1. The number of nitrogens with one attached hydrogen (secondary N) is 2. The first-order valence-corrected chi connectivity index (χ1v) is 6.33. The van der Waals surface area contributed by atoms with Gasteiger partial charge in [-0.05, 0) is 18.6 Å². The molecular formula is C13H23N3O. The Balaban J connectivity index is 2.10. The van der Waals surface area contributed by atoms with Gasteiger partial charge in [0, 0.05) is 26.6 Å². The molecule has 0 saturated carbocycles. The SMILES string of the molecule is CCCCCNC(=NC)NCCc1ccco1. The summed E-state index contributed by atoms with van der Waals surface area (Å²) in [4.78, 5) is 4.17. The average Bonchev–Trinajstić information content (AvgIpc) is 2.85. The second-order valence-corrected chi connectivity index (χ2v) is 3.96. The molecule has 96 valence electrons. The normalized spacial score (nSPS) is 11.5. The molecule has 1 rings (SSSR count). The molecule has 0 aliphatic carbocycles. The van der Waals surface area contributed by atoms with Crippen molar-refractivity contribution in [3.05, 3.63) is 24.2 Å². The maximum Gasteiger partial charge on any atom is 0.190 e. The van der Waals surface area contributed by atoms with Crippen molar-refractivity contribution in [3.63, 3.8) is 0 Å². The summed E-state index contributed by atoms with van der Waals surface area (Å²) in [6.07, 6.45) is 6.27. The number of furan rings is 1. The molecule has 2 N–H and O–H groups in total. The van der Waals surface area contributed by atoms with Crippen molar-refractivity contribution in [2.75, 3.05) is 20.1 Å². The minimum atomic E-state index is 0.834. The lowest BCUT2D eigenvalue weighted by Gasteiger charge is -2.10. The highest BCUT2D eigenvalue weighted by Crippen LogP contribution is 1.99. The molecule has 1 aromatic rings. The molecule has 17 heavy (non-hydrogen) atoms. The minimum Gasteiger partial charge on any atom is -0.469 e. The van der Waals surface area contributed by atoms with E-state index in [1.165, 1.54) is 19.3 Å². The van der Waals surface area contributed by atoms with Gasteiger partial charge in [-0.3, -0.25) is 4.99 Å². The van der Waals surface area contributed by atoms with E-state index in [1.54, 1.807) is 13.3 Å². The Kier molecular flexibility index (Phi) is 6.95. The first kappa shape index (κ1) is 13.6. The van der Waals surface area contributed by atoms with Crippen LogP contribution in [0.25, 0.3) is 0 Å². The van der Waals surface area contributed by atoms with E-state index >= 15 is 0 Å². The fourth-order valence-corrected chi connectivity index (χ4v) is 1.56. The number of nitrogens with zero attached hydrogens (tertiary/aromatic N) is 1. The highest BCUT2D eigenvalue weighted by Gasteiger charge is 1.98. The minimum absolute atomic E-state index is 0.834. The lowest BCUT2D eigenvalue weighted by Crippen LogP contribution is -2.38. The molecule has 0 amide bonds. The maximum atomic E-state index is 5.26. The van der Waals surface area contributed by atoms with Gasteiger partial charge in [0.15, 0.2) is 5.96 Å². The topological polar surface area (TPSA) is 49.6 Å². The van der Waals surface area contributed by atoms with Crippen LogP contribution in [0.4, 0.5) is 0 Å². The Bertz CT molecular complexity index is 306. The Morgan fingerprint density at radius 1 is 1.29 bits per heavy atom. The molecule has 4 heteroatoms. The van der Waals surface area contributed by atoms with E-state index in [9.17, 15) is 0 Å². The third kappa shape index (κ3) is 6.00. The van der Waals surface area contributed by atoms with Crippen molar-refractivity contribution >= 4 is 5.96 Å². The van der Waals surface area contributed by atoms with Crippen molar-refractivity contribution in [3.8, 4) is 0 Å². The van der Waals surface area contributed by atoms with Crippen molar-refractivity contribution in [2.24, 2.45) is 4.99 Å². The predicted octanol–water partition coefficient (Wildman–Crippen LogP) is 2.18. The summed E-state index contributed by atoms with van der Waals surface area (Å²) in [6.45, 7) is 4.02. The van der Waals surface area contributed by atoms with Crippen molar-refractivity contribution in [2.45, 2.75) is 32.6 Å². The van der Waals surface area contributed by atoms with Gasteiger partial charge in [-0.1, -0.05) is 19.8 Å². The van der Waals surface area contributed by atoms with Gasteiger partial charge >= 0.3 is 0 Å². The second kappa shape index (κ2) is 8.67. The van der Waals surface area contributed by atoms with E-state index in [0.717, 1.165) is 31.2 Å². The van der Waals surface area contributed by atoms with Gasteiger partial charge in [-0.15, -0.1) is 0 Å². The zero-order valence-electron chi connectivity index (χ0n) is 10.8. The first-order valence-electron chi connectivity index (χ1n) is 6.33. The van der Waals surface area contributed by atoms with E-state index in [2.05, 4.69) is 22.5 Å². The fourth-order valence-electron chi connectivity index (χ4n) is 1.56. The lowest BCUT2D eigenvalue weighted by atomic mass is 10.2. The van der Waals surface area contributed by atoms with Crippen LogP contribution in [0.3, 0.4) is 0 Å². The number of hydrogen-bond acceptors (Lipinski definition) is 2. The Labute approximate surface area is 104 Å². The number of aliphatic imine (C=N–C) groups is 1. The number of rotatable bonds is 7. The summed E-state index contributed by atoms with van der Waals surface area (Å²) < 4.78 is 5.26. The Hall–Kier alpha value is -1.45. The van der Waals surface area contributed by atoms with Crippen LogP contribution in [0.15, 0.2) is 27.8 Å².